The molecule has 1 aliphatic rings. The molecule has 7 nitrogen and oxygen atoms in total. The van der Waals surface area contributed by atoms with E-state index in [1.54, 1.807) is 0 Å². The summed E-state index contributed by atoms with van der Waals surface area (Å²) in [7, 11) is 1.26. The molecule has 0 radical (unpaired) electrons. The second-order valence-corrected chi connectivity index (χ2v) is 8.16. The average molecular weight is 475 g/mol. The van der Waals surface area contributed by atoms with Gasteiger partial charge in [-0.05, 0) is 18.1 Å². The molecule has 0 spiro atoms. The van der Waals surface area contributed by atoms with Gasteiger partial charge in [0.25, 0.3) is 6.01 Å². The van der Waals surface area contributed by atoms with Crippen molar-refractivity contribution < 1.29 is 28.1 Å². The fraction of sp³-hybridized carbons (Fsp3) is 0.333. The monoisotopic (exact) mass is 475 g/mol. The van der Waals surface area contributed by atoms with Gasteiger partial charge >= 0.3 is 11.7 Å². The number of benzene rings is 2. The highest BCUT2D eigenvalue weighted by atomic mass is 19.4. The Balaban J connectivity index is 2.01. The summed E-state index contributed by atoms with van der Waals surface area (Å²) in [6.07, 6.45) is -6.57. The molecule has 2 N–H and O–H groups in total. The molecule has 3 aromatic rings. The number of hydrogen-bond acceptors (Lipinski definition) is 6. The number of fused-ring (bicyclic) bond motifs is 1. The van der Waals surface area contributed by atoms with Crippen molar-refractivity contribution in [3.63, 3.8) is 0 Å². The number of rotatable bonds is 5. The van der Waals surface area contributed by atoms with E-state index in [0.29, 0.717) is 0 Å². The van der Waals surface area contributed by atoms with Crippen LogP contribution in [0.2, 0.25) is 0 Å². The number of methoxy groups -OCH3 is 1. The summed E-state index contributed by atoms with van der Waals surface area (Å²) in [4.78, 5) is 16.9. The molecule has 0 aliphatic carbocycles. The van der Waals surface area contributed by atoms with Gasteiger partial charge in [-0.3, -0.25) is 14.3 Å². The quantitative estimate of drug-likeness (QED) is 0.587. The number of hydrogen-bond donors (Lipinski definition) is 2. The zero-order valence-electron chi connectivity index (χ0n) is 18.5. The average Bonchev–Trinajstić information content (AvgIpc) is 2.82. The lowest BCUT2D eigenvalue weighted by Crippen LogP contribution is -2.52. The number of aromatic nitrogens is 2. The normalized spacial score (nSPS) is 19.6. The van der Waals surface area contributed by atoms with Crippen LogP contribution in [0.15, 0.2) is 65.5 Å². The summed E-state index contributed by atoms with van der Waals surface area (Å²) in [6.45, 7) is 0.674. The van der Waals surface area contributed by atoms with Crippen molar-refractivity contribution in [3.8, 4) is 11.8 Å². The molecule has 0 saturated carbocycles. The molecule has 10 heteroatoms. The van der Waals surface area contributed by atoms with Gasteiger partial charge in [-0.1, -0.05) is 60.7 Å². The first-order valence-electron chi connectivity index (χ1n) is 10.6. The van der Waals surface area contributed by atoms with Crippen LogP contribution in [-0.2, 0) is 0 Å². The molecule has 2 heterocycles. The minimum Gasteiger partial charge on any atom is -0.502 e. The Kier molecular flexibility index (Phi) is 6.37. The predicted octanol–water partition coefficient (Wildman–Crippen LogP) is 3.59. The predicted molar refractivity (Wildman–Crippen MR) is 118 cm³/mol. The van der Waals surface area contributed by atoms with Crippen LogP contribution in [0, 0.1) is 0 Å². The number of halogens is 3. The van der Waals surface area contributed by atoms with Gasteiger partial charge in [0, 0.05) is 12.5 Å². The van der Waals surface area contributed by atoms with Gasteiger partial charge in [-0.25, -0.2) is 0 Å². The number of alkyl halides is 3. The van der Waals surface area contributed by atoms with Gasteiger partial charge in [0.15, 0.2) is 6.23 Å². The molecule has 4 rings (SSSR count). The fourth-order valence-electron chi connectivity index (χ4n) is 4.56. The van der Waals surface area contributed by atoms with Crippen molar-refractivity contribution in [1.82, 2.24) is 14.5 Å². The summed E-state index contributed by atoms with van der Waals surface area (Å²) in [5, 5.41) is 21.5. The SMILES string of the molecule is COc1nc(=O)c(O)c2n1[C@@H](C(c1ccccc1)c1ccccc1)CN([C@H](C)C(F)(F)F)C2O. The number of ether oxygens (including phenoxy) is 1. The summed E-state index contributed by atoms with van der Waals surface area (Å²) < 4.78 is 47.9. The van der Waals surface area contributed by atoms with Crippen molar-refractivity contribution in [2.75, 3.05) is 13.7 Å². The maximum atomic E-state index is 13.8. The second-order valence-electron chi connectivity index (χ2n) is 8.16. The minimum absolute atomic E-state index is 0.210. The molecule has 180 valence electrons. The molecule has 1 aliphatic heterocycles. The zero-order chi connectivity index (χ0) is 24.6. The fourth-order valence-corrected chi connectivity index (χ4v) is 4.56. The Morgan fingerprint density at radius 1 is 1.06 bits per heavy atom. The first-order valence-corrected chi connectivity index (χ1v) is 10.6. The van der Waals surface area contributed by atoms with E-state index in [9.17, 15) is 28.2 Å². The molecule has 1 unspecified atom stereocenters. The summed E-state index contributed by atoms with van der Waals surface area (Å²) in [5.41, 5.74) is 0.0984. The van der Waals surface area contributed by atoms with Crippen LogP contribution >= 0.6 is 0 Å². The van der Waals surface area contributed by atoms with Crippen LogP contribution < -0.4 is 10.3 Å². The van der Waals surface area contributed by atoms with Gasteiger partial charge in [-0.2, -0.15) is 18.2 Å². The van der Waals surface area contributed by atoms with Gasteiger partial charge in [0.1, 0.15) is 11.7 Å². The van der Waals surface area contributed by atoms with Gasteiger partial charge < -0.3 is 14.9 Å². The highest BCUT2D eigenvalue weighted by molar-refractivity contribution is 5.38. The van der Waals surface area contributed by atoms with Crippen LogP contribution in [-0.4, -0.2) is 50.5 Å². The van der Waals surface area contributed by atoms with Crippen molar-refractivity contribution in [3.05, 3.63) is 87.8 Å². The molecule has 0 fully saturated rings. The van der Waals surface area contributed by atoms with Crippen molar-refractivity contribution in [2.24, 2.45) is 0 Å². The third-order valence-corrected chi connectivity index (χ3v) is 6.25. The van der Waals surface area contributed by atoms with E-state index in [-0.39, 0.29) is 18.2 Å². The molecule has 0 bridgehead atoms. The van der Waals surface area contributed by atoms with E-state index in [1.807, 2.05) is 60.7 Å². The maximum absolute atomic E-state index is 13.8. The van der Waals surface area contributed by atoms with E-state index >= 15 is 0 Å². The molecule has 2 aromatic carbocycles. The molecular formula is C24H24F3N3O4. The van der Waals surface area contributed by atoms with Crippen LogP contribution in [0.3, 0.4) is 0 Å². The van der Waals surface area contributed by atoms with Crippen LogP contribution in [0.1, 0.15) is 41.9 Å². The highest BCUT2D eigenvalue weighted by Crippen LogP contribution is 2.46. The van der Waals surface area contributed by atoms with Crippen molar-refractivity contribution in [1.29, 1.82) is 0 Å². The van der Waals surface area contributed by atoms with Crippen molar-refractivity contribution >= 4 is 0 Å². The minimum atomic E-state index is -4.66. The van der Waals surface area contributed by atoms with Gasteiger partial charge in [-0.15, -0.1) is 0 Å². The molecular weight excluding hydrogens is 451 g/mol. The summed E-state index contributed by atoms with van der Waals surface area (Å²) in [6, 6.07) is 15.2. The Labute approximate surface area is 193 Å². The van der Waals surface area contributed by atoms with E-state index in [4.69, 9.17) is 4.74 Å². The van der Waals surface area contributed by atoms with Gasteiger partial charge in [0.05, 0.1) is 13.2 Å². The summed E-state index contributed by atoms with van der Waals surface area (Å²) >= 11 is 0. The Morgan fingerprint density at radius 3 is 2.06 bits per heavy atom. The van der Waals surface area contributed by atoms with Crippen LogP contribution in [0.25, 0.3) is 0 Å². The van der Waals surface area contributed by atoms with Gasteiger partial charge in [0.2, 0.25) is 5.75 Å². The third kappa shape index (κ3) is 4.14. The third-order valence-electron chi connectivity index (χ3n) is 6.25. The van der Waals surface area contributed by atoms with Crippen molar-refractivity contribution in [2.45, 2.75) is 37.3 Å². The first-order chi connectivity index (χ1) is 16.1. The topological polar surface area (TPSA) is 87.8 Å². The smallest absolute Gasteiger partial charge is 0.403 e. The highest BCUT2D eigenvalue weighted by Gasteiger charge is 2.49. The Bertz CT molecular complexity index is 1160. The standard InChI is InChI=1S/C24H24F3N3O4/c1-14(24(25,26)27)29-13-17(30-19(22(29)33)20(31)21(32)28-23(30)34-2)18(15-9-5-3-6-10-15)16-11-7-4-8-12-16/h3-12,14,17-18,22,31,33H,13H2,1-2H3/t14-,17-,22?/m1/s1. The first kappa shape index (κ1) is 23.8. The maximum Gasteiger partial charge on any atom is 0.403 e. The Morgan fingerprint density at radius 2 is 1.59 bits per heavy atom. The van der Waals surface area contributed by atoms with E-state index in [1.165, 1.54) is 11.7 Å². The summed E-state index contributed by atoms with van der Waals surface area (Å²) in [5.74, 6) is -1.44. The lowest BCUT2D eigenvalue weighted by molar-refractivity contribution is -0.209. The number of aliphatic hydroxyl groups is 1. The van der Waals surface area contributed by atoms with Crippen LogP contribution in [0.4, 0.5) is 13.2 Å². The number of aromatic hydroxyl groups is 1. The molecule has 34 heavy (non-hydrogen) atoms. The molecule has 3 atom stereocenters. The van der Waals surface area contributed by atoms with E-state index < -0.39 is 41.7 Å². The van der Waals surface area contributed by atoms with Crippen LogP contribution in [0.5, 0.6) is 11.8 Å². The lowest BCUT2D eigenvalue weighted by atomic mass is 9.83. The van der Waals surface area contributed by atoms with E-state index in [0.717, 1.165) is 23.0 Å². The number of nitrogens with zero attached hydrogens (tertiary/aromatic N) is 3. The largest absolute Gasteiger partial charge is 0.502 e. The molecule has 1 aromatic heterocycles. The van der Waals surface area contributed by atoms with E-state index in [2.05, 4.69) is 4.98 Å². The zero-order valence-corrected chi connectivity index (χ0v) is 18.5. The molecule has 0 amide bonds. The Hall–Kier alpha value is -3.37. The number of aliphatic hydroxyl groups excluding tert-OH is 1. The molecule has 0 saturated heterocycles. The second kappa shape index (κ2) is 9.11. The lowest BCUT2D eigenvalue weighted by Gasteiger charge is -2.45.